The molecule has 0 saturated heterocycles. The highest BCUT2D eigenvalue weighted by molar-refractivity contribution is 8.13. The summed E-state index contributed by atoms with van der Waals surface area (Å²) in [4.78, 5) is 12.0. The first-order valence-electron chi connectivity index (χ1n) is 7.12. The second-order valence-electron chi connectivity index (χ2n) is 5.72. The number of carbonyl (C=O) groups is 1. The molecule has 0 atom stereocenters. The number of esters is 1. The van der Waals surface area contributed by atoms with Gasteiger partial charge in [0.15, 0.2) is 0 Å². The van der Waals surface area contributed by atoms with Crippen LogP contribution in [0.3, 0.4) is 0 Å². The summed E-state index contributed by atoms with van der Waals surface area (Å²) in [6.07, 6.45) is 5.90. The molecule has 118 valence electrons. The van der Waals surface area contributed by atoms with E-state index >= 15 is 0 Å². The molecule has 1 aliphatic rings. The van der Waals surface area contributed by atoms with Crippen molar-refractivity contribution in [3.05, 3.63) is 18.0 Å². The van der Waals surface area contributed by atoms with E-state index in [1.165, 1.54) is 31.5 Å². The third-order valence-corrected chi connectivity index (χ3v) is 5.18. The highest BCUT2D eigenvalue weighted by Crippen LogP contribution is 2.29. The molecule has 0 amide bonds. The van der Waals surface area contributed by atoms with E-state index in [4.69, 9.17) is 15.4 Å². The maximum Gasteiger partial charge on any atom is 0.354 e. The average molecular weight is 334 g/mol. The fourth-order valence-electron chi connectivity index (χ4n) is 2.35. The molecule has 1 heterocycles. The van der Waals surface area contributed by atoms with E-state index in [0.29, 0.717) is 12.5 Å². The number of hydrogen-bond acceptors (Lipinski definition) is 4. The van der Waals surface area contributed by atoms with E-state index in [0.717, 1.165) is 6.42 Å². The summed E-state index contributed by atoms with van der Waals surface area (Å²) < 4.78 is 29.6. The first-order chi connectivity index (χ1) is 9.79. The van der Waals surface area contributed by atoms with Crippen LogP contribution in [0, 0.1) is 5.92 Å². The Labute approximate surface area is 129 Å². The highest BCUT2D eigenvalue weighted by Gasteiger charge is 2.23. The summed E-state index contributed by atoms with van der Waals surface area (Å²) in [6, 6.07) is 1.21. The van der Waals surface area contributed by atoms with Gasteiger partial charge in [-0.05, 0) is 32.3 Å². The molecular weight excluding hydrogens is 314 g/mol. The van der Waals surface area contributed by atoms with Gasteiger partial charge in [-0.2, -0.15) is 0 Å². The third kappa shape index (κ3) is 4.01. The van der Waals surface area contributed by atoms with Gasteiger partial charge in [-0.1, -0.05) is 19.3 Å². The fraction of sp³-hybridized carbons (Fsp3) is 0.643. The average Bonchev–Trinajstić information content (AvgIpc) is 2.76. The monoisotopic (exact) mass is 333 g/mol. The standard InChI is InChI=1S/C14H20ClNO4S/c1-10(2)16-9-12(21(15,18)19)8-13(16)14(17)20-7-6-11-4-3-5-11/h8-11H,3-7H2,1-2H3. The van der Waals surface area contributed by atoms with Crippen molar-refractivity contribution in [1.82, 2.24) is 4.57 Å². The van der Waals surface area contributed by atoms with Crippen molar-refractivity contribution in [3.63, 3.8) is 0 Å². The van der Waals surface area contributed by atoms with Crippen LogP contribution in [0.5, 0.6) is 0 Å². The lowest BCUT2D eigenvalue weighted by Gasteiger charge is -2.24. The minimum atomic E-state index is -3.86. The zero-order valence-electron chi connectivity index (χ0n) is 12.2. The van der Waals surface area contributed by atoms with Crippen LogP contribution in [0.4, 0.5) is 0 Å². The van der Waals surface area contributed by atoms with E-state index in [2.05, 4.69) is 0 Å². The predicted octanol–water partition coefficient (Wildman–Crippen LogP) is 3.34. The first-order valence-corrected chi connectivity index (χ1v) is 9.43. The Kier molecular flexibility index (Phi) is 4.99. The molecule has 1 aliphatic carbocycles. The van der Waals surface area contributed by atoms with Gasteiger partial charge in [0.05, 0.1) is 6.61 Å². The Morgan fingerprint density at radius 3 is 2.62 bits per heavy atom. The zero-order valence-corrected chi connectivity index (χ0v) is 13.8. The molecule has 0 aromatic carbocycles. The molecule has 1 aromatic rings. The Hall–Kier alpha value is -1.01. The number of halogens is 1. The Balaban J connectivity index is 2.09. The van der Waals surface area contributed by atoms with Gasteiger partial charge in [-0.3, -0.25) is 0 Å². The predicted molar refractivity (Wildman–Crippen MR) is 80.1 cm³/mol. The van der Waals surface area contributed by atoms with Gasteiger partial charge >= 0.3 is 5.97 Å². The molecule has 0 unspecified atom stereocenters. The molecule has 0 spiro atoms. The van der Waals surface area contributed by atoms with E-state index in [1.807, 2.05) is 13.8 Å². The molecule has 2 rings (SSSR count). The minimum Gasteiger partial charge on any atom is -0.461 e. The third-order valence-electron chi connectivity index (χ3n) is 3.85. The molecule has 0 radical (unpaired) electrons. The number of nitrogens with zero attached hydrogens (tertiary/aromatic N) is 1. The Morgan fingerprint density at radius 2 is 2.14 bits per heavy atom. The Bertz CT molecular complexity index is 617. The summed E-state index contributed by atoms with van der Waals surface area (Å²) >= 11 is 0. The number of aromatic nitrogens is 1. The zero-order chi connectivity index (χ0) is 15.6. The fourth-order valence-corrected chi connectivity index (χ4v) is 3.10. The molecular formula is C14H20ClNO4S. The van der Waals surface area contributed by atoms with Crippen LogP contribution in [0.25, 0.3) is 0 Å². The summed E-state index contributed by atoms with van der Waals surface area (Å²) in [5.74, 6) is 0.156. The number of carbonyl (C=O) groups excluding carboxylic acids is 1. The van der Waals surface area contributed by atoms with E-state index in [9.17, 15) is 13.2 Å². The number of ether oxygens (including phenoxy) is 1. The molecule has 0 aliphatic heterocycles. The topological polar surface area (TPSA) is 65.4 Å². The molecule has 1 saturated carbocycles. The maximum atomic E-state index is 12.1. The van der Waals surface area contributed by atoms with Crippen molar-refractivity contribution < 1.29 is 17.9 Å². The lowest BCUT2D eigenvalue weighted by Crippen LogP contribution is -2.17. The summed E-state index contributed by atoms with van der Waals surface area (Å²) in [5, 5.41) is 0. The van der Waals surface area contributed by atoms with Gasteiger partial charge in [0.2, 0.25) is 0 Å². The highest BCUT2D eigenvalue weighted by atomic mass is 35.7. The minimum absolute atomic E-state index is 0.0636. The molecule has 7 heteroatoms. The smallest absolute Gasteiger partial charge is 0.354 e. The Morgan fingerprint density at radius 1 is 1.48 bits per heavy atom. The van der Waals surface area contributed by atoms with Crippen molar-refractivity contribution >= 4 is 25.7 Å². The lowest BCUT2D eigenvalue weighted by molar-refractivity contribution is 0.0450. The number of rotatable bonds is 6. The van der Waals surface area contributed by atoms with Gasteiger partial charge in [0.25, 0.3) is 9.05 Å². The van der Waals surface area contributed by atoms with Crippen LogP contribution in [0.1, 0.15) is 56.1 Å². The summed E-state index contributed by atoms with van der Waals surface area (Å²) in [7, 11) is 1.48. The maximum absolute atomic E-state index is 12.1. The van der Waals surface area contributed by atoms with Crippen LogP contribution >= 0.6 is 10.7 Å². The SMILES string of the molecule is CC(C)n1cc(S(=O)(=O)Cl)cc1C(=O)OCCC1CCC1. The van der Waals surface area contributed by atoms with Gasteiger partial charge in [0, 0.05) is 22.9 Å². The van der Waals surface area contributed by atoms with Crippen molar-refractivity contribution in [1.29, 1.82) is 0 Å². The van der Waals surface area contributed by atoms with Crippen LogP contribution in [0.2, 0.25) is 0 Å². The van der Waals surface area contributed by atoms with Gasteiger partial charge in [0.1, 0.15) is 10.6 Å². The molecule has 1 aromatic heterocycles. The molecule has 5 nitrogen and oxygen atoms in total. The van der Waals surface area contributed by atoms with E-state index in [-0.39, 0.29) is 16.6 Å². The first kappa shape index (κ1) is 16.4. The van der Waals surface area contributed by atoms with E-state index in [1.54, 1.807) is 4.57 Å². The van der Waals surface area contributed by atoms with Crippen molar-refractivity contribution in [2.75, 3.05) is 6.61 Å². The van der Waals surface area contributed by atoms with Crippen LogP contribution in [0.15, 0.2) is 17.2 Å². The van der Waals surface area contributed by atoms with E-state index < -0.39 is 15.0 Å². The summed E-state index contributed by atoms with van der Waals surface area (Å²) in [6.45, 7) is 4.08. The molecule has 0 N–H and O–H groups in total. The second-order valence-corrected chi connectivity index (χ2v) is 8.29. The van der Waals surface area contributed by atoms with Gasteiger partial charge in [-0.25, -0.2) is 13.2 Å². The summed E-state index contributed by atoms with van der Waals surface area (Å²) in [5.41, 5.74) is 0.220. The molecule has 21 heavy (non-hydrogen) atoms. The molecule has 1 fully saturated rings. The van der Waals surface area contributed by atoms with Crippen LogP contribution in [-0.4, -0.2) is 25.6 Å². The quantitative estimate of drug-likeness (QED) is 0.591. The van der Waals surface area contributed by atoms with Crippen LogP contribution in [-0.2, 0) is 13.8 Å². The van der Waals surface area contributed by atoms with Crippen molar-refractivity contribution in [3.8, 4) is 0 Å². The van der Waals surface area contributed by atoms with Gasteiger partial charge < -0.3 is 9.30 Å². The second kappa shape index (κ2) is 6.40. The van der Waals surface area contributed by atoms with Crippen molar-refractivity contribution in [2.24, 2.45) is 5.92 Å². The molecule has 0 bridgehead atoms. The lowest BCUT2D eigenvalue weighted by atomic mass is 9.83. The normalized spacial score (nSPS) is 16.0. The van der Waals surface area contributed by atoms with Crippen molar-refractivity contribution in [2.45, 2.75) is 50.5 Å². The largest absolute Gasteiger partial charge is 0.461 e. The van der Waals surface area contributed by atoms with Crippen LogP contribution < -0.4 is 0 Å². The number of hydrogen-bond donors (Lipinski definition) is 0. The van der Waals surface area contributed by atoms with Gasteiger partial charge in [-0.15, -0.1) is 0 Å².